The van der Waals surface area contributed by atoms with Crippen LogP contribution >= 0.6 is 11.6 Å². The van der Waals surface area contributed by atoms with Crippen LogP contribution in [0.25, 0.3) is 0 Å². The Kier molecular flexibility index (Phi) is 3.65. The summed E-state index contributed by atoms with van der Waals surface area (Å²) in [5.74, 6) is 0.812. The van der Waals surface area contributed by atoms with Crippen LogP contribution in [0.2, 0.25) is 5.02 Å². The summed E-state index contributed by atoms with van der Waals surface area (Å²) < 4.78 is 27.8. The number of hydrogen-bond donors (Lipinski definition) is 1. The lowest BCUT2D eigenvalue weighted by Crippen LogP contribution is -2.43. The first-order valence-corrected chi connectivity index (χ1v) is 8.76. The molecular formula is C15H18ClNO2S. The molecular weight excluding hydrogens is 294 g/mol. The van der Waals surface area contributed by atoms with Crippen LogP contribution in [0.5, 0.6) is 0 Å². The van der Waals surface area contributed by atoms with Crippen molar-refractivity contribution in [2.75, 3.05) is 0 Å². The molecule has 2 aliphatic carbocycles. The molecule has 0 saturated heterocycles. The lowest BCUT2D eigenvalue weighted by molar-refractivity contribution is 0.332. The van der Waals surface area contributed by atoms with Gasteiger partial charge in [-0.2, -0.15) is 0 Å². The van der Waals surface area contributed by atoms with Gasteiger partial charge < -0.3 is 0 Å². The van der Waals surface area contributed by atoms with Gasteiger partial charge in [-0.05, 0) is 61.8 Å². The van der Waals surface area contributed by atoms with Crippen molar-refractivity contribution in [2.45, 2.75) is 36.6 Å². The topological polar surface area (TPSA) is 46.2 Å². The Labute approximate surface area is 125 Å². The van der Waals surface area contributed by atoms with E-state index in [1.807, 2.05) is 0 Å². The van der Waals surface area contributed by atoms with Crippen LogP contribution < -0.4 is 4.72 Å². The van der Waals surface area contributed by atoms with Crippen molar-refractivity contribution in [3.8, 4) is 0 Å². The van der Waals surface area contributed by atoms with Gasteiger partial charge in [-0.3, -0.25) is 0 Å². The number of allylic oxidation sites excluding steroid dienone is 1. The Bertz CT molecular complexity index is 608. The third-order valence-corrected chi connectivity index (χ3v) is 6.17. The van der Waals surface area contributed by atoms with E-state index < -0.39 is 10.0 Å². The summed E-state index contributed by atoms with van der Waals surface area (Å²) in [7, 11) is -3.46. The summed E-state index contributed by atoms with van der Waals surface area (Å²) in [4.78, 5) is 0.283. The zero-order valence-electron chi connectivity index (χ0n) is 11.2. The van der Waals surface area contributed by atoms with Gasteiger partial charge in [0.25, 0.3) is 0 Å². The molecule has 3 nitrogen and oxygen atoms in total. The molecule has 0 heterocycles. The number of sulfonamides is 1. The molecule has 2 fully saturated rings. The predicted molar refractivity (Wildman–Crippen MR) is 80.1 cm³/mol. The van der Waals surface area contributed by atoms with E-state index in [0.717, 1.165) is 25.7 Å². The van der Waals surface area contributed by atoms with Crippen molar-refractivity contribution >= 4 is 21.6 Å². The van der Waals surface area contributed by atoms with Crippen molar-refractivity contribution in [2.24, 2.45) is 11.8 Å². The molecule has 2 unspecified atom stereocenters. The minimum absolute atomic E-state index is 0.0566. The van der Waals surface area contributed by atoms with Gasteiger partial charge in [-0.1, -0.05) is 23.8 Å². The third-order valence-electron chi connectivity index (χ3n) is 4.44. The molecule has 0 amide bonds. The molecule has 0 aliphatic heterocycles. The second-order valence-corrected chi connectivity index (χ2v) is 8.01. The highest BCUT2D eigenvalue weighted by molar-refractivity contribution is 7.89. The molecule has 20 heavy (non-hydrogen) atoms. The van der Waals surface area contributed by atoms with Crippen LogP contribution in [0.4, 0.5) is 0 Å². The lowest BCUT2D eigenvalue weighted by atomic mass is 9.82. The molecule has 2 aliphatic rings. The first kappa shape index (κ1) is 14.1. The summed E-state index contributed by atoms with van der Waals surface area (Å²) in [5, 5.41) is 0.540. The normalized spacial score (nSPS) is 29.6. The monoisotopic (exact) mass is 311 g/mol. The average Bonchev–Trinajstić information content (AvgIpc) is 2.62. The van der Waals surface area contributed by atoms with Crippen LogP contribution in [0.1, 0.15) is 25.7 Å². The zero-order chi connectivity index (χ0) is 14.3. The van der Waals surface area contributed by atoms with Crippen molar-refractivity contribution in [1.82, 2.24) is 4.72 Å². The molecule has 1 aromatic carbocycles. The quantitative estimate of drug-likeness (QED) is 0.870. The minimum atomic E-state index is -3.46. The maximum Gasteiger partial charge on any atom is 0.240 e. The number of rotatable bonds is 3. The highest BCUT2D eigenvalue weighted by atomic mass is 35.5. The number of nitrogens with one attached hydrogen (secondary N) is 1. The van der Waals surface area contributed by atoms with Crippen molar-refractivity contribution in [1.29, 1.82) is 0 Å². The largest absolute Gasteiger partial charge is 0.240 e. The Hall–Kier alpha value is -0.840. The number of halogens is 1. The maximum atomic E-state index is 12.4. The molecule has 108 valence electrons. The molecule has 0 radical (unpaired) electrons. The van der Waals surface area contributed by atoms with E-state index in [-0.39, 0.29) is 10.9 Å². The summed E-state index contributed by atoms with van der Waals surface area (Å²) in [6, 6.07) is 6.37. The highest BCUT2D eigenvalue weighted by Gasteiger charge is 2.42. The van der Waals surface area contributed by atoms with Gasteiger partial charge >= 0.3 is 0 Å². The van der Waals surface area contributed by atoms with Crippen LogP contribution in [-0.2, 0) is 10.0 Å². The van der Waals surface area contributed by atoms with Gasteiger partial charge in [-0.25, -0.2) is 13.1 Å². The summed E-state index contributed by atoms with van der Waals surface area (Å²) in [6.45, 7) is 4.06. The third kappa shape index (κ3) is 2.65. The van der Waals surface area contributed by atoms with Gasteiger partial charge in [0.1, 0.15) is 0 Å². The van der Waals surface area contributed by atoms with E-state index in [9.17, 15) is 8.42 Å². The molecule has 3 rings (SSSR count). The molecule has 2 atom stereocenters. The Morgan fingerprint density at radius 3 is 2.20 bits per heavy atom. The van der Waals surface area contributed by atoms with Crippen LogP contribution in [0.15, 0.2) is 41.3 Å². The summed E-state index contributed by atoms with van der Waals surface area (Å²) >= 11 is 5.80. The summed E-state index contributed by atoms with van der Waals surface area (Å²) in [6.07, 6.45) is 4.09. The highest BCUT2D eigenvalue weighted by Crippen LogP contribution is 2.44. The molecule has 2 saturated carbocycles. The van der Waals surface area contributed by atoms with Crippen molar-refractivity contribution in [3.05, 3.63) is 41.4 Å². The van der Waals surface area contributed by atoms with Gasteiger partial charge in [-0.15, -0.1) is 0 Å². The molecule has 5 heteroatoms. The van der Waals surface area contributed by atoms with E-state index >= 15 is 0 Å². The van der Waals surface area contributed by atoms with E-state index in [0.29, 0.717) is 16.9 Å². The zero-order valence-corrected chi connectivity index (χ0v) is 12.8. The number of fused-ring (bicyclic) bond motifs is 2. The Balaban J connectivity index is 1.80. The van der Waals surface area contributed by atoms with Crippen molar-refractivity contribution in [3.63, 3.8) is 0 Å². The second kappa shape index (κ2) is 5.17. The Morgan fingerprint density at radius 1 is 1.10 bits per heavy atom. The van der Waals surface area contributed by atoms with E-state index in [4.69, 9.17) is 11.6 Å². The fourth-order valence-corrected chi connectivity index (χ4v) is 5.01. The van der Waals surface area contributed by atoms with E-state index in [2.05, 4.69) is 11.3 Å². The SMILES string of the molecule is C=C1CC2CCC(C1)C2NS(=O)(=O)c1ccc(Cl)cc1. The first-order chi connectivity index (χ1) is 9.45. The van der Waals surface area contributed by atoms with Gasteiger partial charge in [0, 0.05) is 11.1 Å². The first-order valence-electron chi connectivity index (χ1n) is 6.90. The van der Waals surface area contributed by atoms with Gasteiger partial charge in [0.05, 0.1) is 4.90 Å². The molecule has 2 bridgehead atoms. The molecule has 1 aromatic rings. The van der Waals surface area contributed by atoms with Gasteiger partial charge in [0.2, 0.25) is 10.0 Å². The second-order valence-electron chi connectivity index (χ2n) is 5.86. The molecule has 1 N–H and O–H groups in total. The van der Waals surface area contributed by atoms with Gasteiger partial charge in [0.15, 0.2) is 0 Å². The Morgan fingerprint density at radius 2 is 1.65 bits per heavy atom. The predicted octanol–water partition coefficient (Wildman–Crippen LogP) is 3.36. The molecule has 0 aromatic heterocycles. The maximum absolute atomic E-state index is 12.4. The average molecular weight is 312 g/mol. The van der Waals surface area contributed by atoms with Crippen LogP contribution in [0, 0.1) is 11.8 Å². The van der Waals surface area contributed by atoms with Crippen LogP contribution in [-0.4, -0.2) is 14.5 Å². The van der Waals surface area contributed by atoms with E-state index in [1.54, 1.807) is 24.3 Å². The van der Waals surface area contributed by atoms with Crippen LogP contribution in [0.3, 0.4) is 0 Å². The molecule has 0 spiro atoms. The fourth-order valence-electron chi connectivity index (χ4n) is 3.51. The standard InChI is InChI=1S/C15H18ClNO2S/c1-10-8-11-2-3-12(9-10)15(11)17-20(18,19)14-6-4-13(16)5-7-14/h4-7,11-12,15,17H,1-3,8-9H2. The lowest BCUT2D eigenvalue weighted by Gasteiger charge is -2.31. The fraction of sp³-hybridized carbons (Fsp3) is 0.467. The smallest absolute Gasteiger partial charge is 0.207 e. The van der Waals surface area contributed by atoms with E-state index in [1.165, 1.54) is 5.57 Å². The van der Waals surface area contributed by atoms with Crippen molar-refractivity contribution < 1.29 is 8.42 Å². The summed E-state index contributed by atoms with van der Waals surface area (Å²) in [5.41, 5.74) is 1.26. The minimum Gasteiger partial charge on any atom is -0.207 e. The number of benzene rings is 1. The number of hydrogen-bond acceptors (Lipinski definition) is 2.